The molecule has 0 aliphatic carbocycles. The highest BCUT2D eigenvalue weighted by Gasteiger charge is 2.18. The first-order chi connectivity index (χ1) is 13.2. The second-order valence-corrected chi connectivity index (χ2v) is 7.93. The van der Waals surface area contributed by atoms with Gasteiger partial charge in [0.2, 0.25) is 0 Å². The minimum Gasteiger partial charge on any atom is -0.491 e. The van der Waals surface area contributed by atoms with Gasteiger partial charge >= 0.3 is 6.03 Å². The van der Waals surface area contributed by atoms with Crippen LogP contribution in [0.1, 0.15) is 5.56 Å². The van der Waals surface area contributed by atoms with Gasteiger partial charge in [0.15, 0.2) is 0 Å². The number of benzene rings is 2. The van der Waals surface area contributed by atoms with E-state index in [9.17, 15) is 13.2 Å². The van der Waals surface area contributed by atoms with E-state index in [-0.39, 0.29) is 16.6 Å². The maximum absolute atomic E-state index is 12.8. The molecule has 2 rings (SSSR count). The van der Waals surface area contributed by atoms with Gasteiger partial charge in [0.1, 0.15) is 12.4 Å². The van der Waals surface area contributed by atoms with Crippen molar-refractivity contribution in [1.29, 1.82) is 0 Å². The Labute approximate surface area is 165 Å². The highest BCUT2D eigenvalue weighted by molar-refractivity contribution is 7.92. The maximum Gasteiger partial charge on any atom is 0.321 e. The molecular formula is C19H25N3O5S. The average molecular weight is 407 g/mol. The van der Waals surface area contributed by atoms with Crippen LogP contribution in [-0.4, -0.2) is 53.8 Å². The molecule has 152 valence electrons. The molecule has 0 unspecified atom stereocenters. The number of sulfonamides is 1. The Hall–Kier alpha value is -2.78. The zero-order valence-corrected chi connectivity index (χ0v) is 17.2. The fourth-order valence-electron chi connectivity index (χ4n) is 2.30. The van der Waals surface area contributed by atoms with Gasteiger partial charge in [-0.1, -0.05) is 12.1 Å². The molecule has 2 aromatic rings. The molecule has 0 heterocycles. The van der Waals surface area contributed by atoms with Gasteiger partial charge in [-0.05, 0) is 42.8 Å². The number of hydrogen-bond acceptors (Lipinski definition) is 5. The molecule has 0 radical (unpaired) electrons. The van der Waals surface area contributed by atoms with Gasteiger partial charge < -0.3 is 19.7 Å². The van der Waals surface area contributed by atoms with E-state index >= 15 is 0 Å². The molecule has 0 atom stereocenters. The molecule has 0 fully saturated rings. The van der Waals surface area contributed by atoms with Crippen LogP contribution in [-0.2, 0) is 14.8 Å². The van der Waals surface area contributed by atoms with Gasteiger partial charge in [-0.25, -0.2) is 13.2 Å². The Bertz CT molecular complexity index is 929. The number of para-hydroxylation sites is 2. The van der Waals surface area contributed by atoms with Crippen molar-refractivity contribution < 1.29 is 22.7 Å². The van der Waals surface area contributed by atoms with Gasteiger partial charge in [0.05, 0.1) is 22.9 Å². The van der Waals surface area contributed by atoms with Crippen LogP contribution in [0.3, 0.4) is 0 Å². The third kappa shape index (κ3) is 5.61. The number of urea groups is 1. The van der Waals surface area contributed by atoms with Crippen LogP contribution in [0.25, 0.3) is 0 Å². The van der Waals surface area contributed by atoms with Crippen molar-refractivity contribution in [2.75, 3.05) is 44.5 Å². The van der Waals surface area contributed by atoms with Gasteiger partial charge in [-0.15, -0.1) is 0 Å². The standard InChI is InChI=1S/C19H25N3O5S/c1-14-13-15(9-10-18(14)27-12-11-26-4)28(24,25)21-17-8-6-5-7-16(17)20-19(23)22(2)3/h5-10,13,21H,11-12H2,1-4H3,(H,20,23). The normalized spacial score (nSPS) is 11.0. The van der Waals surface area contributed by atoms with Crippen molar-refractivity contribution in [2.24, 2.45) is 0 Å². The highest BCUT2D eigenvalue weighted by Crippen LogP contribution is 2.27. The van der Waals surface area contributed by atoms with Crippen molar-refractivity contribution in [2.45, 2.75) is 11.8 Å². The van der Waals surface area contributed by atoms with Crippen molar-refractivity contribution in [3.63, 3.8) is 0 Å². The second kappa shape index (κ2) is 9.43. The Morgan fingerprint density at radius 2 is 1.75 bits per heavy atom. The summed E-state index contributed by atoms with van der Waals surface area (Å²) in [5.41, 5.74) is 1.32. The Balaban J connectivity index is 2.22. The molecule has 0 aliphatic rings. The Kier molecular flexibility index (Phi) is 7.24. The smallest absolute Gasteiger partial charge is 0.321 e. The summed E-state index contributed by atoms with van der Waals surface area (Å²) in [6.45, 7) is 2.59. The molecule has 28 heavy (non-hydrogen) atoms. The Morgan fingerprint density at radius 3 is 2.36 bits per heavy atom. The first-order valence-electron chi connectivity index (χ1n) is 8.57. The fourth-order valence-corrected chi connectivity index (χ4v) is 3.46. The highest BCUT2D eigenvalue weighted by atomic mass is 32.2. The van der Waals surface area contributed by atoms with Crippen molar-refractivity contribution >= 4 is 27.4 Å². The summed E-state index contributed by atoms with van der Waals surface area (Å²) in [6, 6.07) is 10.8. The average Bonchev–Trinajstić information content (AvgIpc) is 2.64. The predicted molar refractivity (Wildman–Crippen MR) is 109 cm³/mol. The summed E-state index contributed by atoms with van der Waals surface area (Å²) in [7, 11) is 0.925. The Morgan fingerprint density at radius 1 is 1.07 bits per heavy atom. The molecule has 0 aliphatic heterocycles. The summed E-state index contributed by atoms with van der Waals surface area (Å²) < 4.78 is 38.6. The lowest BCUT2D eigenvalue weighted by Crippen LogP contribution is -2.28. The number of anilines is 2. The van der Waals surface area contributed by atoms with Gasteiger partial charge in [-0.2, -0.15) is 0 Å². The quantitative estimate of drug-likeness (QED) is 0.656. The van der Waals surface area contributed by atoms with E-state index in [2.05, 4.69) is 10.0 Å². The lowest BCUT2D eigenvalue weighted by Gasteiger charge is -2.16. The zero-order chi connectivity index (χ0) is 20.7. The van der Waals surface area contributed by atoms with E-state index in [1.807, 2.05) is 0 Å². The number of carbonyl (C=O) groups is 1. The minimum atomic E-state index is -3.85. The first-order valence-corrected chi connectivity index (χ1v) is 10.1. The maximum atomic E-state index is 12.8. The molecule has 0 bridgehead atoms. The minimum absolute atomic E-state index is 0.0952. The number of aryl methyl sites for hydroxylation is 1. The molecule has 2 N–H and O–H groups in total. The third-order valence-electron chi connectivity index (χ3n) is 3.82. The van der Waals surface area contributed by atoms with Crippen LogP contribution in [0.2, 0.25) is 0 Å². The summed E-state index contributed by atoms with van der Waals surface area (Å²) in [6.07, 6.45) is 0. The van der Waals surface area contributed by atoms with Gasteiger partial charge in [0, 0.05) is 21.2 Å². The van der Waals surface area contributed by atoms with E-state index in [1.54, 1.807) is 58.5 Å². The second-order valence-electron chi connectivity index (χ2n) is 6.24. The molecular weight excluding hydrogens is 382 g/mol. The number of methoxy groups -OCH3 is 1. The van der Waals surface area contributed by atoms with E-state index < -0.39 is 10.0 Å². The molecule has 8 nitrogen and oxygen atoms in total. The van der Waals surface area contributed by atoms with Crippen LogP contribution in [0.5, 0.6) is 5.75 Å². The van der Waals surface area contributed by atoms with Gasteiger partial charge in [0.25, 0.3) is 10.0 Å². The van der Waals surface area contributed by atoms with Crippen molar-refractivity contribution in [1.82, 2.24) is 4.90 Å². The topological polar surface area (TPSA) is 97.0 Å². The van der Waals surface area contributed by atoms with Crippen molar-refractivity contribution in [3.8, 4) is 5.75 Å². The van der Waals surface area contributed by atoms with Crippen molar-refractivity contribution in [3.05, 3.63) is 48.0 Å². The predicted octanol–water partition coefficient (Wildman–Crippen LogP) is 2.91. The lowest BCUT2D eigenvalue weighted by atomic mass is 10.2. The van der Waals surface area contributed by atoms with E-state index in [1.165, 1.54) is 17.0 Å². The molecule has 2 amide bonds. The molecule has 0 saturated carbocycles. The molecule has 2 aromatic carbocycles. The number of nitrogens with zero attached hydrogens (tertiary/aromatic N) is 1. The third-order valence-corrected chi connectivity index (χ3v) is 5.18. The molecule has 0 aromatic heterocycles. The largest absolute Gasteiger partial charge is 0.491 e. The fraction of sp³-hybridized carbons (Fsp3) is 0.316. The molecule has 9 heteroatoms. The number of hydrogen-bond donors (Lipinski definition) is 2. The van der Waals surface area contributed by atoms with Crippen LogP contribution < -0.4 is 14.8 Å². The summed E-state index contributed by atoms with van der Waals surface area (Å²) >= 11 is 0. The van der Waals surface area contributed by atoms with Crippen LogP contribution in [0.15, 0.2) is 47.4 Å². The summed E-state index contributed by atoms with van der Waals surface area (Å²) in [5.74, 6) is 0.592. The van der Waals surface area contributed by atoms with E-state index in [0.717, 1.165) is 0 Å². The SMILES string of the molecule is COCCOc1ccc(S(=O)(=O)Nc2ccccc2NC(=O)N(C)C)cc1C. The summed E-state index contributed by atoms with van der Waals surface area (Å²) in [4.78, 5) is 13.4. The number of amides is 2. The summed E-state index contributed by atoms with van der Waals surface area (Å²) in [5, 5.41) is 2.66. The van der Waals surface area contributed by atoms with Crippen LogP contribution in [0.4, 0.5) is 16.2 Å². The zero-order valence-electron chi connectivity index (χ0n) is 16.4. The molecule has 0 spiro atoms. The van der Waals surface area contributed by atoms with E-state index in [4.69, 9.17) is 9.47 Å². The molecule has 0 saturated heterocycles. The van der Waals surface area contributed by atoms with Crippen LogP contribution in [0, 0.1) is 6.92 Å². The number of carbonyl (C=O) groups excluding carboxylic acids is 1. The number of ether oxygens (including phenoxy) is 2. The van der Waals surface area contributed by atoms with Gasteiger partial charge in [-0.3, -0.25) is 4.72 Å². The first kappa shape index (κ1) is 21.5. The monoisotopic (exact) mass is 407 g/mol. The number of rotatable bonds is 8. The number of nitrogens with one attached hydrogen (secondary N) is 2. The lowest BCUT2D eigenvalue weighted by molar-refractivity contribution is 0.146. The van der Waals surface area contributed by atoms with E-state index in [0.29, 0.717) is 30.2 Å². The van der Waals surface area contributed by atoms with Crippen LogP contribution >= 0.6 is 0 Å².